The Hall–Kier alpha value is -3.14. The monoisotopic (exact) mass is 374 g/mol. The van der Waals surface area contributed by atoms with Gasteiger partial charge in [0.05, 0.1) is 7.11 Å². The van der Waals surface area contributed by atoms with Crippen LogP contribution in [0.3, 0.4) is 0 Å². The second-order valence-electron chi connectivity index (χ2n) is 6.76. The van der Waals surface area contributed by atoms with E-state index in [0.717, 1.165) is 23.3 Å². The number of carbonyl (C=O) groups excluding carboxylic acids is 1. The SMILES string of the molecule is COc1cccc(CCC(=O)N(CCc2ccccc2)Cc2cccnc2)c1. The number of pyridine rings is 1. The normalized spacial score (nSPS) is 10.5. The summed E-state index contributed by atoms with van der Waals surface area (Å²) < 4.78 is 5.27. The van der Waals surface area contributed by atoms with Gasteiger partial charge in [-0.1, -0.05) is 48.5 Å². The lowest BCUT2D eigenvalue weighted by Crippen LogP contribution is -2.32. The molecule has 0 spiro atoms. The fourth-order valence-corrected chi connectivity index (χ4v) is 3.15. The fraction of sp³-hybridized carbons (Fsp3) is 0.250. The van der Waals surface area contributed by atoms with Crippen molar-refractivity contribution < 1.29 is 9.53 Å². The molecule has 1 amide bonds. The first-order valence-electron chi connectivity index (χ1n) is 9.58. The number of aryl methyl sites for hydroxylation is 1. The lowest BCUT2D eigenvalue weighted by molar-refractivity contribution is -0.131. The predicted octanol–water partition coefficient (Wildman–Crippen LogP) is 4.29. The molecule has 0 saturated carbocycles. The minimum atomic E-state index is 0.155. The van der Waals surface area contributed by atoms with Gasteiger partial charge in [-0.15, -0.1) is 0 Å². The lowest BCUT2D eigenvalue weighted by atomic mass is 10.1. The molecule has 1 heterocycles. The van der Waals surface area contributed by atoms with E-state index in [-0.39, 0.29) is 5.91 Å². The predicted molar refractivity (Wildman–Crippen MR) is 111 cm³/mol. The number of ether oxygens (including phenoxy) is 1. The highest BCUT2D eigenvalue weighted by Crippen LogP contribution is 2.15. The zero-order valence-corrected chi connectivity index (χ0v) is 16.3. The fourth-order valence-electron chi connectivity index (χ4n) is 3.15. The zero-order chi connectivity index (χ0) is 19.6. The molecule has 2 aromatic carbocycles. The number of amides is 1. The van der Waals surface area contributed by atoms with E-state index in [0.29, 0.717) is 25.9 Å². The largest absolute Gasteiger partial charge is 0.497 e. The molecule has 0 unspecified atom stereocenters. The van der Waals surface area contributed by atoms with Crippen LogP contribution >= 0.6 is 0 Å². The van der Waals surface area contributed by atoms with Crippen LogP contribution in [0.15, 0.2) is 79.1 Å². The maximum atomic E-state index is 13.0. The van der Waals surface area contributed by atoms with Crippen LogP contribution in [0.5, 0.6) is 5.75 Å². The third kappa shape index (κ3) is 5.95. The summed E-state index contributed by atoms with van der Waals surface area (Å²) in [5, 5.41) is 0. The Bertz CT molecular complexity index is 866. The molecule has 0 aliphatic heterocycles. The van der Waals surface area contributed by atoms with E-state index in [1.807, 2.05) is 65.7 Å². The molecule has 0 fully saturated rings. The molecule has 0 atom stereocenters. The number of rotatable bonds is 9. The van der Waals surface area contributed by atoms with Crippen LogP contribution in [0.1, 0.15) is 23.1 Å². The van der Waals surface area contributed by atoms with Crippen molar-refractivity contribution in [2.45, 2.75) is 25.8 Å². The number of nitrogens with zero attached hydrogens (tertiary/aromatic N) is 2. The van der Waals surface area contributed by atoms with Crippen molar-refractivity contribution in [3.05, 3.63) is 95.8 Å². The molecule has 0 bridgehead atoms. The molecule has 0 aliphatic rings. The molecule has 0 radical (unpaired) electrons. The van der Waals surface area contributed by atoms with Crippen LogP contribution in [-0.2, 0) is 24.2 Å². The topological polar surface area (TPSA) is 42.4 Å². The van der Waals surface area contributed by atoms with E-state index >= 15 is 0 Å². The molecule has 4 nitrogen and oxygen atoms in total. The maximum Gasteiger partial charge on any atom is 0.223 e. The summed E-state index contributed by atoms with van der Waals surface area (Å²) in [5.41, 5.74) is 3.39. The summed E-state index contributed by atoms with van der Waals surface area (Å²) in [6, 6.07) is 22.1. The highest BCUT2D eigenvalue weighted by molar-refractivity contribution is 5.76. The van der Waals surface area contributed by atoms with Gasteiger partial charge >= 0.3 is 0 Å². The van der Waals surface area contributed by atoms with Crippen molar-refractivity contribution in [2.24, 2.45) is 0 Å². The van der Waals surface area contributed by atoms with Crippen molar-refractivity contribution in [3.63, 3.8) is 0 Å². The molecule has 28 heavy (non-hydrogen) atoms. The van der Waals surface area contributed by atoms with E-state index in [9.17, 15) is 4.79 Å². The number of hydrogen-bond acceptors (Lipinski definition) is 3. The van der Waals surface area contributed by atoms with Gasteiger partial charge in [0.25, 0.3) is 0 Å². The maximum absolute atomic E-state index is 13.0. The molecule has 4 heteroatoms. The van der Waals surface area contributed by atoms with Gasteiger partial charge in [0.1, 0.15) is 5.75 Å². The van der Waals surface area contributed by atoms with E-state index < -0.39 is 0 Å². The minimum absolute atomic E-state index is 0.155. The summed E-state index contributed by atoms with van der Waals surface area (Å²) in [6.07, 6.45) is 5.59. The van der Waals surface area contributed by atoms with Crippen LogP contribution in [0, 0.1) is 0 Å². The third-order valence-electron chi connectivity index (χ3n) is 4.72. The summed E-state index contributed by atoms with van der Waals surface area (Å²) in [6.45, 7) is 1.27. The van der Waals surface area contributed by atoms with Crippen molar-refractivity contribution >= 4 is 5.91 Å². The average Bonchev–Trinajstić information content (AvgIpc) is 2.76. The van der Waals surface area contributed by atoms with E-state index in [1.165, 1.54) is 5.56 Å². The van der Waals surface area contributed by atoms with Crippen molar-refractivity contribution in [3.8, 4) is 5.75 Å². The first-order valence-corrected chi connectivity index (χ1v) is 9.58. The minimum Gasteiger partial charge on any atom is -0.497 e. The first-order chi connectivity index (χ1) is 13.7. The van der Waals surface area contributed by atoms with Gasteiger partial charge in [-0.3, -0.25) is 9.78 Å². The van der Waals surface area contributed by atoms with Crippen LogP contribution < -0.4 is 4.74 Å². The van der Waals surface area contributed by atoms with E-state index in [4.69, 9.17) is 4.74 Å². The highest BCUT2D eigenvalue weighted by atomic mass is 16.5. The van der Waals surface area contributed by atoms with Gasteiger partial charge in [0.2, 0.25) is 5.91 Å². The van der Waals surface area contributed by atoms with Crippen LogP contribution in [0.2, 0.25) is 0 Å². The quantitative estimate of drug-likeness (QED) is 0.561. The standard InChI is InChI=1S/C24H26N2O2/c1-28-23-11-5-9-21(17-23)12-13-24(27)26(19-22-10-6-15-25-18-22)16-14-20-7-3-2-4-8-20/h2-11,15,17-18H,12-14,16,19H2,1H3. The van der Waals surface area contributed by atoms with Crippen LogP contribution in [0.4, 0.5) is 0 Å². The summed E-state index contributed by atoms with van der Waals surface area (Å²) in [5.74, 6) is 0.976. The Balaban J connectivity index is 1.64. The number of hydrogen-bond donors (Lipinski definition) is 0. The van der Waals surface area contributed by atoms with Gasteiger partial charge in [0, 0.05) is 31.9 Å². The van der Waals surface area contributed by atoms with Gasteiger partial charge in [0.15, 0.2) is 0 Å². The third-order valence-corrected chi connectivity index (χ3v) is 4.72. The lowest BCUT2D eigenvalue weighted by Gasteiger charge is -2.23. The number of carbonyl (C=O) groups is 1. The molecule has 0 aliphatic carbocycles. The van der Waals surface area contributed by atoms with Gasteiger partial charge in [-0.2, -0.15) is 0 Å². The first kappa shape index (κ1) is 19.6. The molecule has 3 rings (SSSR count). The highest BCUT2D eigenvalue weighted by Gasteiger charge is 2.14. The molecule has 0 N–H and O–H groups in total. The Morgan fingerprint density at radius 3 is 2.46 bits per heavy atom. The Labute approximate surface area is 166 Å². The molecular weight excluding hydrogens is 348 g/mol. The summed E-state index contributed by atoms with van der Waals surface area (Å²) in [4.78, 5) is 19.1. The molecule has 144 valence electrons. The van der Waals surface area contributed by atoms with Crippen molar-refractivity contribution in [1.82, 2.24) is 9.88 Å². The number of benzene rings is 2. The van der Waals surface area contributed by atoms with Crippen molar-refractivity contribution in [1.29, 1.82) is 0 Å². The Morgan fingerprint density at radius 2 is 1.71 bits per heavy atom. The molecule has 0 saturated heterocycles. The molecular formula is C24H26N2O2. The van der Waals surface area contributed by atoms with Crippen LogP contribution in [0.25, 0.3) is 0 Å². The zero-order valence-electron chi connectivity index (χ0n) is 16.3. The van der Waals surface area contributed by atoms with Crippen molar-refractivity contribution in [2.75, 3.05) is 13.7 Å². The second kappa shape index (κ2) is 10.3. The summed E-state index contributed by atoms with van der Waals surface area (Å²) in [7, 11) is 1.66. The smallest absolute Gasteiger partial charge is 0.223 e. The average molecular weight is 374 g/mol. The Morgan fingerprint density at radius 1 is 0.929 bits per heavy atom. The Kier molecular flexibility index (Phi) is 7.19. The van der Waals surface area contributed by atoms with E-state index in [1.54, 1.807) is 13.3 Å². The van der Waals surface area contributed by atoms with Gasteiger partial charge in [-0.05, 0) is 47.7 Å². The molecule has 1 aromatic heterocycles. The summed E-state index contributed by atoms with van der Waals surface area (Å²) >= 11 is 0. The molecule has 3 aromatic rings. The second-order valence-corrected chi connectivity index (χ2v) is 6.76. The number of methoxy groups -OCH3 is 1. The van der Waals surface area contributed by atoms with Gasteiger partial charge in [-0.25, -0.2) is 0 Å². The number of aromatic nitrogens is 1. The van der Waals surface area contributed by atoms with Crippen LogP contribution in [-0.4, -0.2) is 29.4 Å². The van der Waals surface area contributed by atoms with Gasteiger partial charge < -0.3 is 9.64 Å². The van der Waals surface area contributed by atoms with E-state index in [2.05, 4.69) is 17.1 Å².